The number of hydrogen-bond donors (Lipinski definition) is 1. The summed E-state index contributed by atoms with van der Waals surface area (Å²) in [7, 11) is 0. The molecule has 0 spiro atoms. The largest absolute Gasteiger partial charge is 0.490 e. The molecule has 0 radical (unpaired) electrons. The Morgan fingerprint density at radius 3 is 2.49 bits per heavy atom. The number of ether oxygens (including phenoxy) is 2. The maximum atomic E-state index is 12.8. The van der Waals surface area contributed by atoms with Crippen LogP contribution in [0.25, 0.3) is 6.08 Å². The van der Waals surface area contributed by atoms with Crippen molar-refractivity contribution in [2.45, 2.75) is 26.9 Å². The van der Waals surface area contributed by atoms with Gasteiger partial charge in [0.15, 0.2) is 11.5 Å². The van der Waals surface area contributed by atoms with Gasteiger partial charge in [-0.15, -0.1) is 6.58 Å². The fourth-order valence-corrected chi connectivity index (χ4v) is 3.97. The van der Waals surface area contributed by atoms with Crippen LogP contribution in [0.5, 0.6) is 11.5 Å². The first-order valence-corrected chi connectivity index (χ1v) is 12.6. The predicted octanol–water partition coefficient (Wildman–Crippen LogP) is 8.21. The maximum Gasteiger partial charge on any atom is 0.266 e. The van der Waals surface area contributed by atoms with Crippen LogP contribution in [0, 0.1) is 18.3 Å². The molecule has 0 unspecified atom stereocenters. The van der Waals surface area contributed by atoms with E-state index in [4.69, 9.17) is 44.3 Å². The van der Waals surface area contributed by atoms with Crippen LogP contribution in [-0.4, -0.2) is 12.5 Å². The second-order valence-electron chi connectivity index (χ2n) is 8.06. The van der Waals surface area contributed by atoms with Gasteiger partial charge >= 0.3 is 0 Å². The quantitative estimate of drug-likeness (QED) is 0.155. The number of hydrogen-bond acceptors (Lipinski definition) is 4. The number of carbonyl (C=O) groups excluding carboxylic acids is 1. The molecule has 1 N–H and O–H groups in total. The summed E-state index contributed by atoms with van der Waals surface area (Å²) < 4.78 is 12.0. The Balaban J connectivity index is 1.93. The molecule has 0 heterocycles. The van der Waals surface area contributed by atoms with E-state index >= 15 is 0 Å². The van der Waals surface area contributed by atoms with Crippen LogP contribution in [0.4, 0.5) is 5.69 Å². The standard InChI is InChI=1S/C29H25Cl3N2O3/c1-4-6-21-11-20(12-22(16-33)29(35)34-23-9-7-18(3)25(31)15-23)14-27(36-5-2)28(21)37-17-19-8-10-24(30)26(32)13-19/h4,7-15H,1,5-6,17H2,2-3H3,(H,34,35)/b22-12-. The number of rotatable bonds is 10. The molecule has 0 aliphatic heterocycles. The van der Waals surface area contributed by atoms with Gasteiger partial charge in [0.05, 0.1) is 16.7 Å². The third-order valence-electron chi connectivity index (χ3n) is 5.29. The lowest BCUT2D eigenvalue weighted by Gasteiger charge is -2.17. The van der Waals surface area contributed by atoms with Gasteiger partial charge in [0.2, 0.25) is 0 Å². The Bertz CT molecular complexity index is 1390. The average molecular weight is 556 g/mol. The first-order valence-electron chi connectivity index (χ1n) is 11.4. The van der Waals surface area contributed by atoms with Gasteiger partial charge in [-0.3, -0.25) is 4.79 Å². The molecule has 0 aliphatic rings. The summed E-state index contributed by atoms with van der Waals surface area (Å²) in [5.74, 6) is 0.476. The Morgan fingerprint density at radius 2 is 1.84 bits per heavy atom. The van der Waals surface area contributed by atoms with Crippen LogP contribution in [0.2, 0.25) is 15.1 Å². The third kappa shape index (κ3) is 7.53. The van der Waals surface area contributed by atoms with Gasteiger partial charge < -0.3 is 14.8 Å². The molecule has 0 bridgehead atoms. The number of carbonyl (C=O) groups is 1. The molecule has 37 heavy (non-hydrogen) atoms. The molecule has 5 nitrogen and oxygen atoms in total. The van der Waals surface area contributed by atoms with E-state index in [9.17, 15) is 10.1 Å². The summed E-state index contributed by atoms with van der Waals surface area (Å²) >= 11 is 18.3. The van der Waals surface area contributed by atoms with Crippen molar-refractivity contribution in [1.82, 2.24) is 0 Å². The minimum absolute atomic E-state index is 0.0758. The summed E-state index contributed by atoms with van der Waals surface area (Å²) in [5, 5.41) is 13.8. The molecule has 0 aliphatic carbocycles. The van der Waals surface area contributed by atoms with Gasteiger partial charge in [-0.2, -0.15) is 5.26 Å². The molecule has 190 valence electrons. The normalized spacial score (nSPS) is 11.0. The highest BCUT2D eigenvalue weighted by Crippen LogP contribution is 2.36. The third-order valence-corrected chi connectivity index (χ3v) is 6.44. The van der Waals surface area contributed by atoms with E-state index < -0.39 is 5.91 Å². The number of nitrogens with one attached hydrogen (secondary N) is 1. The SMILES string of the molecule is C=CCc1cc(/C=C(/C#N)C(=O)Nc2ccc(C)c(Cl)c2)cc(OCC)c1OCc1ccc(Cl)c(Cl)c1. The van der Waals surface area contributed by atoms with Crippen LogP contribution >= 0.6 is 34.8 Å². The summed E-state index contributed by atoms with van der Waals surface area (Å²) in [6.07, 6.45) is 3.72. The van der Waals surface area contributed by atoms with Gasteiger partial charge in [0.25, 0.3) is 5.91 Å². The van der Waals surface area contributed by atoms with Crippen molar-refractivity contribution in [3.8, 4) is 17.6 Å². The van der Waals surface area contributed by atoms with Crippen molar-refractivity contribution in [2.24, 2.45) is 0 Å². The number of nitriles is 1. The number of allylic oxidation sites excluding steroid dienone is 1. The molecule has 0 saturated carbocycles. The van der Waals surface area contributed by atoms with E-state index in [2.05, 4.69) is 11.9 Å². The predicted molar refractivity (Wildman–Crippen MR) is 151 cm³/mol. The average Bonchev–Trinajstić information content (AvgIpc) is 2.86. The number of aryl methyl sites for hydroxylation is 1. The number of anilines is 1. The van der Waals surface area contributed by atoms with Crippen molar-refractivity contribution in [1.29, 1.82) is 5.26 Å². The van der Waals surface area contributed by atoms with Crippen molar-refractivity contribution in [2.75, 3.05) is 11.9 Å². The number of benzene rings is 3. The van der Waals surface area contributed by atoms with Crippen LogP contribution < -0.4 is 14.8 Å². The van der Waals surface area contributed by atoms with Gasteiger partial charge in [-0.05, 0) is 79.4 Å². The minimum Gasteiger partial charge on any atom is -0.490 e. The lowest BCUT2D eigenvalue weighted by molar-refractivity contribution is -0.112. The van der Waals surface area contributed by atoms with Crippen LogP contribution in [-0.2, 0) is 17.8 Å². The molecule has 0 aromatic heterocycles. The van der Waals surface area contributed by atoms with Gasteiger partial charge in [-0.1, -0.05) is 53.0 Å². The van der Waals surface area contributed by atoms with E-state index in [1.165, 1.54) is 6.08 Å². The first-order chi connectivity index (χ1) is 17.7. The highest BCUT2D eigenvalue weighted by molar-refractivity contribution is 6.42. The Hall–Kier alpha value is -3.43. The lowest BCUT2D eigenvalue weighted by atomic mass is 10.0. The van der Waals surface area contributed by atoms with Gasteiger partial charge in [-0.25, -0.2) is 0 Å². The summed E-state index contributed by atoms with van der Waals surface area (Å²) in [5.41, 5.74) is 3.54. The Labute approximate surface area is 231 Å². The van der Waals surface area contributed by atoms with E-state index in [0.29, 0.717) is 50.8 Å². The maximum absolute atomic E-state index is 12.8. The second-order valence-corrected chi connectivity index (χ2v) is 9.28. The molecular formula is C29H25Cl3N2O3. The Kier molecular flexibility index (Phi) is 10.0. The van der Waals surface area contributed by atoms with E-state index in [0.717, 1.165) is 16.7 Å². The summed E-state index contributed by atoms with van der Waals surface area (Å²) in [6.45, 7) is 8.19. The molecule has 0 saturated heterocycles. The highest BCUT2D eigenvalue weighted by atomic mass is 35.5. The van der Waals surface area contributed by atoms with Crippen molar-refractivity contribution in [3.05, 3.63) is 104 Å². The van der Waals surface area contributed by atoms with Crippen LogP contribution in [0.1, 0.15) is 29.2 Å². The molecule has 3 aromatic carbocycles. The van der Waals surface area contributed by atoms with Crippen LogP contribution in [0.3, 0.4) is 0 Å². The highest BCUT2D eigenvalue weighted by Gasteiger charge is 2.16. The number of amides is 1. The smallest absolute Gasteiger partial charge is 0.266 e. The first kappa shape index (κ1) is 28.1. The monoisotopic (exact) mass is 554 g/mol. The summed E-state index contributed by atoms with van der Waals surface area (Å²) in [6, 6.07) is 16.0. The fraction of sp³-hybridized carbons (Fsp3) is 0.172. The van der Waals surface area contributed by atoms with E-state index in [1.807, 2.05) is 32.0 Å². The van der Waals surface area contributed by atoms with Crippen molar-refractivity contribution < 1.29 is 14.3 Å². The topological polar surface area (TPSA) is 71.4 Å². The summed E-state index contributed by atoms with van der Waals surface area (Å²) in [4.78, 5) is 12.8. The zero-order chi connectivity index (χ0) is 26.9. The zero-order valence-electron chi connectivity index (χ0n) is 20.4. The van der Waals surface area contributed by atoms with E-state index in [1.54, 1.807) is 42.5 Å². The van der Waals surface area contributed by atoms with Gasteiger partial charge in [0.1, 0.15) is 18.2 Å². The molecule has 8 heteroatoms. The Morgan fingerprint density at radius 1 is 1.05 bits per heavy atom. The van der Waals surface area contributed by atoms with Gasteiger partial charge in [0, 0.05) is 16.3 Å². The van der Waals surface area contributed by atoms with Crippen molar-refractivity contribution >= 4 is 52.5 Å². The molecular weight excluding hydrogens is 531 g/mol. The molecule has 0 atom stereocenters. The zero-order valence-corrected chi connectivity index (χ0v) is 22.7. The van der Waals surface area contributed by atoms with E-state index in [-0.39, 0.29) is 12.2 Å². The fourth-order valence-electron chi connectivity index (χ4n) is 3.47. The minimum atomic E-state index is -0.550. The van der Waals surface area contributed by atoms with Crippen LogP contribution in [0.15, 0.2) is 66.8 Å². The molecule has 0 fully saturated rings. The second kappa shape index (κ2) is 13.2. The molecule has 3 rings (SSSR count). The number of nitrogens with zero attached hydrogens (tertiary/aromatic N) is 1. The molecule has 3 aromatic rings. The number of halogens is 3. The lowest BCUT2D eigenvalue weighted by Crippen LogP contribution is -2.13. The molecule has 1 amide bonds. The van der Waals surface area contributed by atoms with Crippen molar-refractivity contribution in [3.63, 3.8) is 0 Å².